The summed E-state index contributed by atoms with van der Waals surface area (Å²) in [5, 5.41) is -0.553. The van der Waals surface area contributed by atoms with Gasteiger partial charge in [0, 0.05) is 11.3 Å². The van der Waals surface area contributed by atoms with Crippen LogP contribution in [-0.2, 0) is 14.3 Å². The number of ether oxygens (including phenoxy) is 1. The SMILES string of the molecule is CCCOC(=O)c1ccccc1SC1CC(=O)N(c2ccccc2)C1=O. The zero-order chi connectivity index (χ0) is 18.5. The number of para-hydroxylation sites is 1. The molecular weight excluding hydrogens is 350 g/mol. The third-order valence-electron chi connectivity index (χ3n) is 3.93. The average Bonchev–Trinajstić information content (AvgIpc) is 2.94. The fourth-order valence-corrected chi connectivity index (χ4v) is 3.88. The van der Waals surface area contributed by atoms with E-state index in [1.54, 1.807) is 48.5 Å². The maximum absolute atomic E-state index is 12.7. The number of hydrogen-bond donors (Lipinski definition) is 0. The van der Waals surface area contributed by atoms with E-state index in [1.807, 2.05) is 13.0 Å². The molecule has 5 nitrogen and oxygen atoms in total. The van der Waals surface area contributed by atoms with E-state index in [2.05, 4.69) is 0 Å². The van der Waals surface area contributed by atoms with Crippen LogP contribution in [0.2, 0.25) is 0 Å². The van der Waals surface area contributed by atoms with Gasteiger partial charge in [0.2, 0.25) is 11.8 Å². The molecule has 1 aliphatic rings. The second-order valence-corrected chi connectivity index (χ2v) is 7.09. The minimum absolute atomic E-state index is 0.108. The van der Waals surface area contributed by atoms with E-state index in [1.165, 1.54) is 16.7 Å². The average molecular weight is 369 g/mol. The van der Waals surface area contributed by atoms with Gasteiger partial charge in [-0.15, -0.1) is 11.8 Å². The first kappa shape index (κ1) is 18.2. The summed E-state index contributed by atoms with van der Waals surface area (Å²) in [5.74, 6) is -0.903. The number of anilines is 1. The highest BCUT2D eigenvalue weighted by atomic mass is 32.2. The van der Waals surface area contributed by atoms with Gasteiger partial charge in [0.15, 0.2) is 0 Å². The summed E-state index contributed by atoms with van der Waals surface area (Å²) in [6.07, 6.45) is 0.847. The number of thioether (sulfide) groups is 1. The number of rotatable bonds is 6. The van der Waals surface area contributed by atoms with Crippen molar-refractivity contribution in [1.29, 1.82) is 0 Å². The van der Waals surface area contributed by atoms with Crippen LogP contribution in [-0.4, -0.2) is 29.6 Å². The van der Waals surface area contributed by atoms with E-state index in [0.29, 0.717) is 22.8 Å². The fraction of sp³-hybridized carbons (Fsp3) is 0.250. The number of benzene rings is 2. The van der Waals surface area contributed by atoms with Gasteiger partial charge in [0.05, 0.1) is 23.1 Å². The van der Waals surface area contributed by atoms with Crippen molar-refractivity contribution < 1.29 is 19.1 Å². The number of carbonyl (C=O) groups excluding carboxylic acids is 3. The molecule has 6 heteroatoms. The summed E-state index contributed by atoms with van der Waals surface area (Å²) in [6.45, 7) is 2.27. The molecule has 0 bridgehead atoms. The molecule has 0 aliphatic carbocycles. The lowest BCUT2D eigenvalue weighted by Crippen LogP contribution is -2.31. The fourth-order valence-electron chi connectivity index (χ4n) is 2.71. The van der Waals surface area contributed by atoms with Gasteiger partial charge in [0.1, 0.15) is 0 Å². The van der Waals surface area contributed by atoms with Gasteiger partial charge in [-0.25, -0.2) is 9.69 Å². The Morgan fingerprint density at radius 3 is 2.54 bits per heavy atom. The Bertz CT molecular complexity index is 822. The summed E-state index contributed by atoms with van der Waals surface area (Å²) < 4.78 is 5.21. The predicted octanol–water partition coefficient (Wildman–Crippen LogP) is 3.68. The number of hydrogen-bond acceptors (Lipinski definition) is 5. The Hall–Kier alpha value is -2.60. The topological polar surface area (TPSA) is 63.7 Å². The Kier molecular flexibility index (Phi) is 5.73. The Morgan fingerprint density at radius 2 is 1.81 bits per heavy atom. The summed E-state index contributed by atoms with van der Waals surface area (Å²) in [6, 6.07) is 15.9. The smallest absolute Gasteiger partial charge is 0.339 e. The van der Waals surface area contributed by atoms with E-state index >= 15 is 0 Å². The first-order chi connectivity index (χ1) is 12.6. The largest absolute Gasteiger partial charge is 0.462 e. The third kappa shape index (κ3) is 3.80. The zero-order valence-corrected chi connectivity index (χ0v) is 15.2. The van der Waals surface area contributed by atoms with Crippen LogP contribution < -0.4 is 4.90 Å². The second-order valence-electron chi connectivity index (χ2n) is 5.85. The van der Waals surface area contributed by atoms with Gasteiger partial charge < -0.3 is 4.74 Å². The maximum atomic E-state index is 12.7. The van der Waals surface area contributed by atoms with Crippen molar-refractivity contribution in [3.8, 4) is 0 Å². The van der Waals surface area contributed by atoms with Crippen molar-refractivity contribution >= 4 is 35.2 Å². The number of amides is 2. The summed E-state index contributed by atoms with van der Waals surface area (Å²) in [4.78, 5) is 39.2. The minimum Gasteiger partial charge on any atom is -0.462 e. The van der Waals surface area contributed by atoms with Gasteiger partial charge in [-0.1, -0.05) is 37.3 Å². The molecule has 1 aliphatic heterocycles. The lowest BCUT2D eigenvalue weighted by Gasteiger charge is -2.15. The highest BCUT2D eigenvalue weighted by Crippen LogP contribution is 2.35. The molecule has 2 aromatic rings. The van der Waals surface area contributed by atoms with Crippen LogP contribution >= 0.6 is 11.8 Å². The molecule has 0 radical (unpaired) electrons. The normalized spacial score (nSPS) is 16.8. The van der Waals surface area contributed by atoms with E-state index in [9.17, 15) is 14.4 Å². The minimum atomic E-state index is -0.553. The molecule has 26 heavy (non-hydrogen) atoms. The predicted molar refractivity (Wildman–Crippen MR) is 100 cm³/mol. The molecule has 0 saturated carbocycles. The van der Waals surface area contributed by atoms with Crippen LogP contribution in [0.3, 0.4) is 0 Å². The molecular formula is C20H19NO4S. The summed E-state index contributed by atoms with van der Waals surface area (Å²) in [7, 11) is 0. The molecule has 3 rings (SSSR count). The van der Waals surface area contributed by atoms with E-state index in [4.69, 9.17) is 4.74 Å². The van der Waals surface area contributed by atoms with Crippen LogP contribution in [0.5, 0.6) is 0 Å². The van der Waals surface area contributed by atoms with Crippen molar-refractivity contribution in [2.75, 3.05) is 11.5 Å². The monoisotopic (exact) mass is 369 g/mol. The van der Waals surface area contributed by atoms with E-state index in [0.717, 1.165) is 6.42 Å². The highest BCUT2D eigenvalue weighted by molar-refractivity contribution is 8.00. The molecule has 134 valence electrons. The molecule has 1 saturated heterocycles. The van der Waals surface area contributed by atoms with Crippen LogP contribution in [0.4, 0.5) is 5.69 Å². The lowest BCUT2D eigenvalue weighted by molar-refractivity contribution is -0.121. The first-order valence-corrected chi connectivity index (χ1v) is 9.34. The van der Waals surface area contributed by atoms with Crippen molar-refractivity contribution in [1.82, 2.24) is 0 Å². The molecule has 1 fully saturated rings. The zero-order valence-electron chi connectivity index (χ0n) is 14.4. The Balaban J connectivity index is 1.79. The van der Waals surface area contributed by atoms with Gasteiger partial charge >= 0.3 is 5.97 Å². The molecule has 2 aromatic carbocycles. The molecule has 0 aromatic heterocycles. The Morgan fingerprint density at radius 1 is 1.12 bits per heavy atom. The van der Waals surface area contributed by atoms with Crippen LogP contribution in [0.1, 0.15) is 30.1 Å². The van der Waals surface area contributed by atoms with Gasteiger partial charge in [-0.05, 0) is 30.7 Å². The van der Waals surface area contributed by atoms with Crippen LogP contribution in [0, 0.1) is 0 Å². The molecule has 2 amide bonds. The van der Waals surface area contributed by atoms with Crippen molar-refractivity contribution in [3.05, 3.63) is 60.2 Å². The van der Waals surface area contributed by atoms with Crippen molar-refractivity contribution in [2.24, 2.45) is 0 Å². The quantitative estimate of drug-likeness (QED) is 0.574. The van der Waals surface area contributed by atoms with Crippen LogP contribution in [0.25, 0.3) is 0 Å². The third-order valence-corrected chi connectivity index (χ3v) is 5.20. The molecule has 1 unspecified atom stereocenters. The van der Waals surface area contributed by atoms with Gasteiger partial charge in [-0.2, -0.15) is 0 Å². The van der Waals surface area contributed by atoms with Gasteiger partial charge in [0.25, 0.3) is 0 Å². The first-order valence-electron chi connectivity index (χ1n) is 8.46. The van der Waals surface area contributed by atoms with Crippen molar-refractivity contribution in [2.45, 2.75) is 29.9 Å². The summed E-state index contributed by atoms with van der Waals surface area (Å²) >= 11 is 1.24. The van der Waals surface area contributed by atoms with Gasteiger partial charge in [-0.3, -0.25) is 9.59 Å². The second kappa shape index (κ2) is 8.19. The molecule has 0 spiro atoms. The Labute approximate surface area is 156 Å². The lowest BCUT2D eigenvalue weighted by atomic mass is 10.2. The number of esters is 1. The molecule has 0 N–H and O–H groups in total. The van der Waals surface area contributed by atoms with Crippen molar-refractivity contribution in [3.63, 3.8) is 0 Å². The summed E-state index contributed by atoms with van der Waals surface area (Å²) in [5.41, 5.74) is 0.991. The van der Waals surface area contributed by atoms with E-state index < -0.39 is 11.2 Å². The number of nitrogens with zero attached hydrogens (tertiary/aromatic N) is 1. The van der Waals surface area contributed by atoms with E-state index in [-0.39, 0.29) is 18.2 Å². The number of carbonyl (C=O) groups is 3. The maximum Gasteiger partial charge on any atom is 0.339 e. The van der Waals surface area contributed by atoms with Crippen LogP contribution in [0.15, 0.2) is 59.5 Å². The highest BCUT2D eigenvalue weighted by Gasteiger charge is 2.40. The molecule has 1 atom stereocenters. The molecule has 1 heterocycles. The standard InChI is InChI=1S/C20H19NO4S/c1-2-12-25-20(24)15-10-6-7-11-16(15)26-17-13-18(22)21(19(17)23)14-8-4-3-5-9-14/h3-11,17H,2,12-13H2,1H3. The number of imide groups is 1.